The van der Waals surface area contributed by atoms with Crippen molar-refractivity contribution < 1.29 is 0 Å². The first-order valence-corrected chi connectivity index (χ1v) is 3.61. The molecule has 0 aromatic heterocycles. The highest BCUT2D eigenvalue weighted by atomic mass is 14.2. The Balaban J connectivity index is 0. The molecule has 1 heteroatoms. The fraction of sp³-hybridized carbons (Fsp3) is 0.182. The molecule has 0 bridgehead atoms. The molecule has 64 valence electrons. The molecule has 0 aliphatic heterocycles. The third-order valence-electron chi connectivity index (χ3n) is 1.04. The van der Waals surface area contributed by atoms with Gasteiger partial charge in [-0.3, -0.25) is 0 Å². The van der Waals surface area contributed by atoms with Crippen LogP contribution in [0.2, 0.25) is 0 Å². The van der Waals surface area contributed by atoms with Crippen LogP contribution in [0.5, 0.6) is 0 Å². The van der Waals surface area contributed by atoms with Gasteiger partial charge in [0.05, 0.1) is 11.6 Å². The van der Waals surface area contributed by atoms with Gasteiger partial charge in [-0.1, -0.05) is 18.7 Å². The number of hydrogen-bond acceptors (Lipinski definition) is 1. The van der Waals surface area contributed by atoms with Crippen LogP contribution in [-0.2, 0) is 0 Å². The van der Waals surface area contributed by atoms with Gasteiger partial charge in [-0.15, -0.1) is 13.2 Å². The van der Waals surface area contributed by atoms with Crippen molar-refractivity contribution in [2.24, 2.45) is 0 Å². The molecule has 0 saturated carbocycles. The Morgan fingerprint density at radius 2 is 1.92 bits per heavy atom. The van der Waals surface area contributed by atoms with Crippen LogP contribution in [0.4, 0.5) is 0 Å². The molecule has 0 atom stereocenters. The lowest BCUT2D eigenvalue weighted by Gasteiger charge is -1.89. The molecule has 1 nitrogen and oxygen atoms in total. The summed E-state index contributed by atoms with van der Waals surface area (Å²) in [6, 6.07) is 2.05. The Hall–Kier alpha value is -1.55. The maximum Gasteiger partial charge on any atom is 0.0994 e. The van der Waals surface area contributed by atoms with Crippen LogP contribution in [0.25, 0.3) is 0 Å². The van der Waals surface area contributed by atoms with Gasteiger partial charge in [0.1, 0.15) is 0 Å². The van der Waals surface area contributed by atoms with Crippen LogP contribution in [0, 0.1) is 11.3 Å². The van der Waals surface area contributed by atoms with Gasteiger partial charge < -0.3 is 0 Å². The minimum atomic E-state index is 0.637. The van der Waals surface area contributed by atoms with Gasteiger partial charge in [-0.2, -0.15) is 5.26 Å². The van der Waals surface area contributed by atoms with E-state index in [4.69, 9.17) is 5.26 Å². The standard InChI is InChI=1S/C9H11N.C2H4/c1-4-5-6-9(7-10)8(2)3;1-2/h4-6H,2H2,1,3H3;1-2H2/b5-4-,9-6-;. The summed E-state index contributed by atoms with van der Waals surface area (Å²) in [5.41, 5.74) is 1.44. The molecule has 0 radical (unpaired) electrons. The van der Waals surface area contributed by atoms with Crippen molar-refractivity contribution in [1.82, 2.24) is 0 Å². The Morgan fingerprint density at radius 3 is 2.17 bits per heavy atom. The minimum absolute atomic E-state index is 0.637. The largest absolute Gasteiger partial charge is 0.192 e. The fourth-order valence-corrected chi connectivity index (χ4v) is 0.467. The SMILES string of the molecule is C=C.C=C(C)/C(C#N)=C\C=C/C. The maximum atomic E-state index is 8.51. The first-order chi connectivity index (χ1) is 5.72. The lowest BCUT2D eigenvalue weighted by atomic mass is 10.1. The van der Waals surface area contributed by atoms with Gasteiger partial charge in [0, 0.05) is 0 Å². The van der Waals surface area contributed by atoms with Crippen molar-refractivity contribution in [2.45, 2.75) is 13.8 Å². The molecule has 0 amide bonds. The third-order valence-corrected chi connectivity index (χ3v) is 1.04. The van der Waals surface area contributed by atoms with E-state index in [0.29, 0.717) is 5.57 Å². The molecule has 0 aliphatic rings. The summed E-state index contributed by atoms with van der Waals surface area (Å²) in [6.45, 7) is 13.4. The van der Waals surface area contributed by atoms with Crippen LogP contribution in [0.15, 0.2) is 49.1 Å². The van der Waals surface area contributed by atoms with Gasteiger partial charge >= 0.3 is 0 Å². The molecule has 0 aromatic carbocycles. The zero-order valence-electron chi connectivity index (χ0n) is 7.80. The molecule has 0 N–H and O–H groups in total. The number of nitrogens with zero attached hydrogens (tertiary/aromatic N) is 1. The summed E-state index contributed by atoms with van der Waals surface area (Å²) in [6.07, 6.45) is 5.45. The van der Waals surface area contributed by atoms with Gasteiger partial charge in [0.25, 0.3) is 0 Å². The van der Waals surface area contributed by atoms with Crippen LogP contribution in [-0.4, -0.2) is 0 Å². The Bertz CT molecular complexity index is 226. The quantitative estimate of drug-likeness (QED) is 0.346. The van der Waals surface area contributed by atoms with Crippen molar-refractivity contribution in [3.63, 3.8) is 0 Å². The summed E-state index contributed by atoms with van der Waals surface area (Å²) in [5.74, 6) is 0. The predicted octanol–water partition coefficient (Wildman–Crippen LogP) is 3.39. The van der Waals surface area contributed by atoms with Crippen LogP contribution in [0.1, 0.15) is 13.8 Å². The summed E-state index contributed by atoms with van der Waals surface area (Å²) < 4.78 is 0. The number of hydrogen-bond donors (Lipinski definition) is 0. The normalized spacial score (nSPS) is 9.92. The second-order valence-corrected chi connectivity index (χ2v) is 2.00. The highest BCUT2D eigenvalue weighted by Gasteiger charge is 1.90. The van der Waals surface area contributed by atoms with Crippen LogP contribution in [0.3, 0.4) is 0 Å². The molecule has 0 spiro atoms. The molecule has 0 rings (SSSR count). The lowest BCUT2D eigenvalue weighted by Crippen LogP contribution is -1.76. The second-order valence-electron chi connectivity index (χ2n) is 2.00. The van der Waals surface area contributed by atoms with Crippen molar-refractivity contribution in [3.8, 4) is 6.07 Å². The first kappa shape index (κ1) is 13.1. The monoisotopic (exact) mass is 161 g/mol. The molecular formula is C11H15N. The fourth-order valence-electron chi connectivity index (χ4n) is 0.467. The van der Waals surface area contributed by atoms with E-state index in [1.54, 1.807) is 6.08 Å². The van der Waals surface area contributed by atoms with Gasteiger partial charge in [-0.05, 0) is 25.5 Å². The lowest BCUT2D eigenvalue weighted by molar-refractivity contribution is 1.41. The van der Waals surface area contributed by atoms with Gasteiger partial charge in [-0.25, -0.2) is 0 Å². The molecule has 0 fully saturated rings. The van der Waals surface area contributed by atoms with Crippen molar-refractivity contribution in [3.05, 3.63) is 49.1 Å². The van der Waals surface area contributed by atoms with Crippen molar-refractivity contribution in [1.29, 1.82) is 5.26 Å². The van der Waals surface area contributed by atoms with E-state index < -0.39 is 0 Å². The smallest absolute Gasteiger partial charge is 0.0994 e. The number of allylic oxidation sites excluding steroid dienone is 5. The van der Waals surface area contributed by atoms with Gasteiger partial charge in [0.15, 0.2) is 0 Å². The van der Waals surface area contributed by atoms with E-state index in [1.165, 1.54) is 0 Å². The second kappa shape index (κ2) is 9.45. The minimum Gasteiger partial charge on any atom is -0.192 e. The average Bonchev–Trinajstić information content (AvgIpc) is 2.09. The first-order valence-electron chi connectivity index (χ1n) is 3.61. The summed E-state index contributed by atoms with van der Waals surface area (Å²) in [7, 11) is 0. The molecule has 0 aliphatic carbocycles. The topological polar surface area (TPSA) is 23.8 Å². The number of nitriles is 1. The van der Waals surface area contributed by atoms with Crippen molar-refractivity contribution >= 4 is 0 Å². The van der Waals surface area contributed by atoms with Crippen molar-refractivity contribution in [2.75, 3.05) is 0 Å². The Kier molecular flexibility index (Phi) is 10.3. The van der Waals surface area contributed by atoms with E-state index in [-0.39, 0.29) is 0 Å². The van der Waals surface area contributed by atoms with E-state index in [9.17, 15) is 0 Å². The number of rotatable bonds is 2. The molecule has 0 heterocycles. The summed E-state index contributed by atoms with van der Waals surface area (Å²) in [4.78, 5) is 0. The highest BCUT2D eigenvalue weighted by molar-refractivity contribution is 5.40. The molecule has 0 aromatic rings. The van der Waals surface area contributed by atoms with Gasteiger partial charge in [0.2, 0.25) is 0 Å². The Labute approximate surface area is 75.0 Å². The van der Waals surface area contributed by atoms with E-state index in [1.807, 2.05) is 32.1 Å². The van der Waals surface area contributed by atoms with E-state index in [2.05, 4.69) is 19.7 Å². The molecule has 0 unspecified atom stereocenters. The molecular weight excluding hydrogens is 146 g/mol. The molecule has 12 heavy (non-hydrogen) atoms. The maximum absolute atomic E-state index is 8.51. The predicted molar refractivity (Wildman–Crippen MR) is 54.6 cm³/mol. The summed E-state index contributed by atoms with van der Waals surface area (Å²) in [5, 5.41) is 8.51. The van der Waals surface area contributed by atoms with Crippen LogP contribution >= 0.6 is 0 Å². The zero-order chi connectivity index (χ0) is 9.98. The highest BCUT2D eigenvalue weighted by Crippen LogP contribution is 2.04. The van der Waals surface area contributed by atoms with E-state index >= 15 is 0 Å². The average molecular weight is 161 g/mol. The molecule has 0 saturated heterocycles. The third kappa shape index (κ3) is 6.57. The Morgan fingerprint density at radius 1 is 1.42 bits per heavy atom. The zero-order valence-corrected chi connectivity index (χ0v) is 7.80. The van der Waals surface area contributed by atoms with Crippen LogP contribution < -0.4 is 0 Å². The summed E-state index contributed by atoms with van der Waals surface area (Å²) >= 11 is 0. The van der Waals surface area contributed by atoms with E-state index in [0.717, 1.165) is 5.57 Å².